The maximum absolute atomic E-state index is 5.85. The van der Waals surface area contributed by atoms with Crippen LogP contribution in [0, 0.1) is 5.92 Å². The van der Waals surface area contributed by atoms with Crippen molar-refractivity contribution >= 4 is 17.4 Å². The van der Waals surface area contributed by atoms with Gasteiger partial charge in [-0.3, -0.25) is 0 Å². The zero-order valence-corrected chi connectivity index (χ0v) is 11.4. The lowest BCUT2D eigenvalue weighted by molar-refractivity contribution is 0.471. The molecule has 0 aromatic carbocycles. The van der Waals surface area contributed by atoms with E-state index in [2.05, 4.69) is 28.9 Å². The third-order valence-electron chi connectivity index (χ3n) is 2.37. The highest BCUT2D eigenvalue weighted by molar-refractivity contribution is 7.98. The Hall–Kier alpha value is -1.56. The van der Waals surface area contributed by atoms with Gasteiger partial charge in [-0.15, -0.1) is 0 Å². The van der Waals surface area contributed by atoms with E-state index in [4.69, 9.17) is 5.73 Å². The second-order valence-electron chi connectivity index (χ2n) is 4.44. The topological polar surface area (TPSA) is 69.6 Å². The van der Waals surface area contributed by atoms with Gasteiger partial charge in [-0.2, -0.15) is 5.10 Å². The monoisotopic (exact) mass is 263 g/mol. The third kappa shape index (κ3) is 3.22. The Labute approximate surface area is 111 Å². The molecular formula is C12H17N5S. The van der Waals surface area contributed by atoms with Crippen LogP contribution < -0.4 is 5.73 Å². The molecule has 0 saturated carbocycles. The van der Waals surface area contributed by atoms with Gasteiger partial charge in [0.25, 0.3) is 0 Å². The Morgan fingerprint density at radius 2 is 2.22 bits per heavy atom. The van der Waals surface area contributed by atoms with Gasteiger partial charge in [0.1, 0.15) is 17.2 Å². The van der Waals surface area contributed by atoms with Gasteiger partial charge in [0.15, 0.2) is 0 Å². The number of hydrogen-bond acceptors (Lipinski definition) is 5. The SMILES string of the molecule is CC(C)Cn1ncnc1CSc1ncccc1N. The van der Waals surface area contributed by atoms with Gasteiger partial charge < -0.3 is 5.73 Å². The highest BCUT2D eigenvalue weighted by Gasteiger charge is 2.08. The quantitative estimate of drug-likeness (QED) is 0.837. The largest absolute Gasteiger partial charge is 0.397 e. The minimum Gasteiger partial charge on any atom is -0.397 e. The first-order valence-electron chi connectivity index (χ1n) is 5.86. The van der Waals surface area contributed by atoms with Crippen LogP contribution in [0.25, 0.3) is 0 Å². The Morgan fingerprint density at radius 3 is 2.94 bits per heavy atom. The number of aromatic nitrogens is 4. The summed E-state index contributed by atoms with van der Waals surface area (Å²) in [5, 5.41) is 5.08. The van der Waals surface area contributed by atoms with E-state index in [-0.39, 0.29) is 0 Å². The fraction of sp³-hybridized carbons (Fsp3) is 0.417. The number of hydrogen-bond donors (Lipinski definition) is 1. The summed E-state index contributed by atoms with van der Waals surface area (Å²) in [5.41, 5.74) is 6.56. The average Bonchev–Trinajstić information content (AvgIpc) is 2.75. The van der Waals surface area contributed by atoms with Crippen LogP contribution in [0.15, 0.2) is 29.7 Å². The molecule has 0 atom stereocenters. The molecule has 0 aliphatic rings. The standard InChI is InChI=1S/C12H17N5S/c1-9(2)6-17-11(15-8-16-17)7-18-12-10(13)4-3-5-14-12/h3-5,8-9H,6-7,13H2,1-2H3. The van der Waals surface area contributed by atoms with Crippen molar-refractivity contribution in [1.29, 1.82) is 0 Å². The summed E-state index contributed by atoms with van der Waals surface area (Å²) in [5.74, 6) is 2.24. The van der Waals surface area contributed by atoms with Crippen LogP contribution in [0.2, 0.25) is 0 Å². The van der Waals surface area contributed by atoms with Crippen molar-refractivity contribution in [3.63, 3.8) is 0 Å². The number of anilines is 1. The van der Waals surface area contributed by atoms with E-state index >= 15 is 0 Å². The maximum Gasteiger partial charge on any atom is 0.138 e. The van der Waals surface area contributed by atoms with Gasteiger partial charge in [-0.1, -0.05) is 25.6 Å². The molecule has 2 rings (SSSR count). The van der Waals surface area contributed by atoms with E-state index in [1.54, 1.807) is 24.3 Å². The number of nitrogens with two attached hydrogens (primary N) is 1. The molecular weight excluding hydrogens is 246 g/mol. The summed E-state index contributed by atoms with van der Waals surface area (Å²) in [6, 6.07) is 3.69. The molecule has 0 unspecified atom stereocenters. The fourth-order valence-corrected chi connectivity index (χ4v) is 2.41. The normalized spacial score (nSPS) is 11.1. The minimum absolute atomic E-state index is 0.551. The first-order valence-corrected chi connectivity index (χ1v) is 6.85. The molecule has 6 heteroatoms. The Kier molecular flexibility index (Phi) is 4.19. The molecule has 0 fully saturated rings. The van der Waals surface area contributed by atoms with E-state index in [1.807, 2.05) is 16.8 Å². The molecule has 2 heterocycles. The summed E-state index contributed by atoms with van der Waals surface area (Å²) < 4.78 is 1.94. The fourth-order valence-electron chi connectivity index (χ4n) is 1.56. The second-order valence-corrected chi connectivity index (χ2v) is 5.40. The molecule has 2 aromatic rings. The zero-order valence-electron chi connectivity index (χ0n) is 10.6. The van der Waals surface area contributed by atoms with Crippen molar-refractivity contribution in [2.24, 2.45) is 5.92 Å². The summed E-state index contributed by atoms with van der Waals surface area (Å²) in [7, 11) is 0. The number of nitrogen functional groups attached to an aromatic ring is 1. The van der Waals surface area contributed by atoms with Crippen molar-refractivity contribution in [2.45, 2.75) is 31.2 Å². The molecule has 5 nitrogen and oxygen atoms in total. The molecule has 96 valence electrons. The lowest BCUT2D eigenvalue weighted by Crippen LogP contribution is -2.09. The smallest absolute Gasteiger partial charge is 0.138 e. The third-order valence-corrected chi connectivity index (χ3v) is 3.39. The molecule has 2 aromatic heterocycles. The van der Waals surface area contributed by atoms with Crippen LogP contribution in [-0.4, -0.2) is 19.7 Å². The Bertz CT molecular complexity index is 509. The molecule has 2 N–H and O–H groups in total. The van der Waals surface area contributed by atoms with Gasteiger partial charge in [0.05, 0.1) is 11.4 Å². The van der Waals surface area contributed by atoms with Crippen molar-refractivity contribution in [3.8, 4) is 0 Å². The maximum atomic E-state index is 5.85. The lowest BCUT2D eigenvalue weighted by atomic mass is 10.2. The van der Waals surface area contributed by atoms with Crippen LogP contribution in [0.1, 0.15) is 19.7 Å². The predicted molar refractivity (Wildman–Crippen MR) is 73.1 cm³/mol. The summed E-state index contributed by atoms with van der Waals surface area (Å²) in [6.07, 6.45) is 3.34. The molecule has 0 saturated heterocycles. The molecule has 0 amide bonds. The van der Waals surface area contributed by atoms with E-state index in [0.717, 1.165) is 23.1 Å². The van der Waals surface area contributed by atoms with Crippen molar-refractivity contribution in [1.82, 2.24) is 19.7 Å². The van der Waals surface area contributed by atoms with E-state index in [9.17, 15) is 0 Å². The summed E-state index contributed by atoms with van der Waals surface area (Å²) in [4.78, 5) is 8.53. The lowest BCUT2D eigenvalue weighted by Gasteiger charge is -2.08. The van der Waals surface area contributed by atoms with E-state index in [1.165, 1.54) is 0 Å². The van der Waals surface area contributed by atoms with Gasteiger partial charge >= 0.3 is 0 Å². The van der Waals surface area contributed by atoms with E-state index < -0.39 is 0 Å². The van der Waals surface area contributed by atoms with Crippen LogP contribution in [0.4, 0.5) is 5.69 Å². The van der Waals surface area contributed by atoms with Crippen LogP contribution in [0.3, 0.4) is 0 Å². The highest BCUT2D eigenvalue weighted by Crippen LogP contribution is 2.24. The van der Waals surface area contributed by atoms with Crippen molar-refractivity contribution in [2.75, 3.05) is 5.73 Å². The van der Waals surface area contributed by atoms with E-state index in [0.29, 0.717) is 11.6 Å². The molecule has 0 spiro atoms. The van der Waals surface area contributed by atoms with Crippen LogP contribution in [-0.2, 0) is 12.3 Å². The number of pyridine rings is 1. The Morgan fingerprint density at radius 1 is 1.39 bits per heavy atom. The van der Waals surface area contributed by atoms with Crippen molar-refractivity contribution < 1.29 is 0 Å². The van der Waals surface area contributed by atoms with Crippen molar-refractivity contribution in [3.05, 3.63) is 30.5 Å². The van der Waals surface area contributed by atoms with Gasteiger partial charge in [-0.25, -0.2) is 14.6 Å². The first kappa shape index (κ1) is 12.9. The minimum atomic E-state index is 0.551. The van der Waals surface area contributed by atoms with Gasteiger partial charge in [0, 0.05) is 12.7 Å². The highest BCUT2D eigenvalue weighted by atomic mass is 32.2. The summed E-state index contributed by atoms with van der Waals surface area (Å²) >= 11 is 1.59. The zero-order chi connectivity index (χ0) is 13.0. The molecule has 18 heavy (non-hydrogen) atoms. The molecule has 0 bridgehead atoms. The van der Waals surface area contributed by atoms with Gasteiger partial charge in [-0.05, 0) is 18.1 Å². The number of rotatable bonds is 5. The van der Waals surface area contributed by atoms with Crippen LogP contribution in [0.5, 0.6) is 0 Å². The Balaban J connectivity index is 2.02. The van der Waals surface area contributed by atoms with Crippen LogP contribution >= 0.6 is 11.8 Å². The average molecular weight is 263 g/mol. The molecule has 0 aliphatic carbocycles. The summed E-state index contributed by atoms with van der Waals surface area (Å²) in [6.45, 7) is 5.21. The first-order chi connectivity index (χ1) is 8.66. The molecule has 0 aliphatic heterocycles. The van der Waals surface area contributed by atoms with Gasteiger partial charge in [0.2, 0.25) is 0 Å². The number of nitrogens with zero attached hydrogens (tertiary/aromatic N) is 4. The number of thioether (sulfide) groups is 1. The molecule has 0 radical (unpaired) electrons. The second kappa shape index (κ2) is 5.86. The predicted octanol–water partition coefficient (Wildman–Crippen LogP) is 2.20.